The van der Waals surface area contributed by atoms with Crippen LogP contribution < -0.4 is 5.32 Å². The molecule has 0 aliphatic rings. The smallest absolute Gasteiger partial charge is 0.322 e. The van der Waals surface area contributed by atoms with Crippen LogP contribution in [0.3, 0.4) is 0 Å². The van der Waals surface area contributed by atoms with Gasteiger partial charge in [0, 0.05) is 35.7 Å². The van der Waals surface area contributed by atoms with Crippen molar-refractivity contribution in [2.24, 2.45) is 0 Å². The molecule has 1 N–H and O–H groups in total. The number of halogens is 1. The van der Waals surface area contributed by atoms with Crippen molar-refractivity contribution in [2.75, 3.05) is 11.9 Å². The maximum Gasteiger partial charge on any atom is 0.322 e. The van der Waals surface area contributed by atoms with Gasteiger partial charge in [-0.05, 0) is 42.3 Å². The maximum atomic E-state index is 12.9. The number of hydrogen-bond acceptors (Lipinski definition) is 1. The van der Waals surface area contributed by atoms with E-state index in [0.717, 1.165) is 25.1 Å². The minimum Gasteiger partial charge on any atom is -0.345 e. The third-order valence-corrected chi connectivity index (χ3v) is 4.85. The van der Waals surface area contributed by atoms with Crippen molar-refractivity contribution in [3.05, 3.63) is 89.2 Å². The highest BCUT2D eigenvalue weighted by molar-refractivity contribution is 6.30. The summed E-state index contributed by atoms with van der Waals surface area (Å²) < 4.78 is 2.20. The number of rotatable bonds is 8. The first kappa shape index (κ1) is 20.0. The van der Waals surface area contributed by atoms with Crippen molar-refractivity contribution in [1.82, 2.24) is 9.47 Å². The quantitative estimate of drug-likeness (QED) is 0.497. The summed E-state index contributed by atoms with van der Waals surface area (Å²) in [7, 11) is 0. The van der Waals surface area contributed by atoms with Crippen molar-refractivity contribution < 1.29 is 4.79 Å². The molecule has 1 aromatic heterocycles. The molecule has 146 valence electrons. The Bertz CT molecular complexity index is 892. The molecule has 3 aromatic rings. The van der Waals surface area contributed by atoms with Crippen molar-refractivity contribution in [2.45, 2.75) is 32.9 Å². The second kappa shape index (κ2) is 10.00. The van der Waals surface area contributed by atoms with E-state index in [1.54, 1.807) is 12.1 Å². The first-order chi connectivity index (χ1) is 13.7. The summed E-state index contributed by atoms with van der Waals surface area (Å²) in [6.45, 7) is 4.19. The van der Waals surface area contributed by atoms with Gasteiger partial charge in [0.25, 0.3) is 0 Å². The Balaban J connectivity index is 1.72. The predicted molar refractivity (Wildman–Crippen MR) is 116 cm³/mol. The number of anilines is 1. The van der Waals surface area contributed by atoms with Crippen LogP contribution in [0.4, 0.5) is 10.5 Å². The zero-order valence-electron chi connectivity index (χ0n) is 16.1. The zero-order valence-corrected chi connectivity index (χ0v) is 16.9. The lowest BCUT2D eigenvalue weighted by molar-refractivity contribution is 0.207. The number of carbonyl (C=O) groups excluding carboxylic acids is 1. The Kier molecular flexibility index (Phi) is 7.15. The van der Waals surface area contributed by atoms with Gasteiger partial charge >= 0.3 is 6.03 Å². The Morgan fingerprint density at radius 3 is 2.64 bits per heavy atom. The van der Waals surface area contributed by atoms with Crippen LogP contribution in [0.2, 0.25) is 5.02 Å². The lowest BCUT2D eigenvalue weighted by Crippen LogP contribution is -2.36. The van der Waals surface area contributed by atoms with Crippen molar-refractivity contribution in [3.8, 4) is 0 Å². The van der Waals surface area contributed by atoms with E-state index in [1.165, 1.54) is 5.56 Å². The van der Waals surface area contributed by atoms with E-state index < -0.39 is 0 Å². The number of carbonyl (C=O) groups is 1. The van der Waals surface area contributed by atoms with Gasteiger partial charge in [0.05, 0.1) is 6.54 Å². The van der Waals surface area contributed by atoms with Gasteiger partial charge in [-0.1, -0.05) is 61.3 Å². The number of nitrogens with zero attached hydrogens (tertiary/aromatic N) is 2. The summed E-state index contributed by atoms with van der Waals surface area (Å²) in [6.07, 6.45) is 4.06. The molecule has 0 bridgehead atoms. The van der Waals surface area contributed by atoms with Crippen LogP contribution in [0.25, 0.3) is 0 Å². The third kappa shape index (κ3) is 5.64. The highest BCUT2D eigenvalue weighted by Crippen LogP contribution is 2.17. The molecular formula is C23H26ClN3O. The first-order valence-corrected chi connectivity index (χ1v) is 10.0. The van der Waals surface area contributed by atoms with Crippen LogP contribution in [0.5, 0.6) is 0 Å². The summed E-state index contributed by atoms with van der Waals surface area (Å²) in [5.74, 6) is 0. The van der Waals surface area contributed by atoms with Crippen molar-refractivity contribution in [1.29, 1.82) is 0 Å². The lowest BCUT2D eigenvalue weighted by atomic mass is 10.2. The summed E-state index contributed by atoms with van der Waals surface area (Å²) in [6, 6.07) is 21.6. The summed E-state index contributed by atoms with van der Waals surface area (Å²) >= 11 is 6.04. The van der Waals surface area contributed by atoms with Gasteiger partial charge in [-0.2, -0.15) is 0 Å². The van der Waals surface area contributed by atoms with Crippen LogP contribution >= 0.6 is 11.6 Å². The maximum absolute atomic E-state index is 12.9. The van der Waals surface area contributed by atoms with E-state index in [2.05, 4.69) is 41.2 Å². The van der Waals surface area contributed by atoms with E-state index in [0.29, 0.717) is 23.8 Å². The third-order valence-electron chi connectivity index (χ3n) is 4.62. The molecular weight excluding hydrogens is 370 g/mol. The fraction of sp³-hybridized carbons (Fsp3) is 0.261. The molecule has 1 heterocycles. The minimum atomic E-state index is -0.108. The van der Waals surface area contributed by atoms with Crippen LogP contribution in [0, 0.1) is 0 Å². The Labute approximate surface area is 171 Å². The molecule has 0 spiro atoms. The largest absolute Gasteiger partial charge is 0.345 e. The average Bonchev–Trinajstić information content (AvgIpc) is 3.12. The van der Waals surface area contributed by atoms with Gasteiger partial charge in [-0.25, -0.2) is 4.79 Å². The van der Waals surface area contributed by atoms with E-state index >= 15 is 0 Å². The Morgan fingerprint density at radius 2 is 1.89 bits per heavy atom. The zero-order chi connectivity index (χ0) is 19.8. The molecule has 0 radical (unpaired) electrons. The molecule has 28 heavy (non-hydrogen) atoms. The molecule has 0 aliphatic heterocycles. The Hall–Kier alpha value is -2.72. The molecule has 2 amide bonds. The number of aromatic nitrogens is 1. The normalized spacial score (nSPS) is 10.6. The van der Waals surface area contributed by atoms with Crippen molar-refractivity contribution >= 4 is 23.3 Å². The molecule has 4 nitrogen and oxygen atoms in total. The highest BCUT2D eigenvalue weighted by atomic mass is 35.5. The fourth-order valence-electron chi connectivity index (χ4n) is 3.09. The second-order valence-electron chi connectivity index (χ2n) is 6.83. The van der Waals surface area contributed by atoms with E-state index in [9.17, 15) is 4.79 Å². The number of unbranched alkanes of at least 4 members (excludes halogenated alkanes) is 1. The predicted octanol–water partition coefficient (Wildman–Crippen LogP) is 6.02. The minimum absolute atomic E-state index is 0.108. The van der Waals surface area contributed by atoms with Gasteiger partial charge in [0.2, 0.25) is 0 Å². The SMILES string of the molecule is CCCCN(Cc1cccn1Cc1ccccc1)C(=O)Nc1cccc(Cl)c1. The van der Waals surface area contributed by atoms with Gasteiger partial charge in [0.1, 0.15) is 0 Å². The van der Waals surface area contributed by atoms with Crippen LogP contribution in [-0.4, -0.2) is 22.0 Å². The molecule has 0 saturated heterocycles. The Morgan fingerprint density at radius 1 is 1.07 bits per heavy atom. The topological polar surface area (TPSA) is 37.3 Å². The second-order valence-corrected chi connectivity index (χ2v) is 7.27. The van der Waals surface area contributed by atoms with Gasteiger partial charge < -0.3 is 14.8 Å². The van der Waals surface area contributed by atoms with Gasteiger partial charge in [-0.15, -0.1) is 0 Å². The molecule has 0 aliphatic carbocycles. The molecule has 0 unspecified atom stereocenters. The van der Waals surface area contributed by atoms with E-state index in [4.69, 9.17) is 11.6 Å². The molecule has 0 fully saturated rings. The standard InChI is InChI=1S/C23H26ClN3O/c1-2-3-14-27(23(28)25-21-12-7-11-20(24)16-21)18-22-13-8-15-26(22)17-19-9-5-4-6-10-19/h4-13,15-16H,2-3,14,17-18H2,1H3,(H,25,28). The van der Waals surface area contributed by atoms with Gasteiger partial charge in [0.15, 0.2) is 0 Å². The molecule has 2 aromatic carbocycles. The van der Waals surface area contributed by atoms with Gasteiger partial charge in [-0.3, -0.25) is 0 Å². The number of nitrogens with one attached hydrogen (secondary N) is 1. The molecule has 5 heteroatoms. The first-order valence-electron chi connectivity index (χ1n) is 9.65. The summed E-state index contributed by atoms with van der Waals surface area (Å²) in [4.78, 5) is 14.8. The number of hydrogen-bond donors (Lipinski definition) is 1. The number of amides is 2. The van der Waals surface area contributed by atoms with Crippen LogP contribution in [0.1, 0.15) is 31.0 Å². The van der Waals surface area contributed by atoms with Crippen LogP contribution in [-0.2, 0) is 13.1 Å². The highest BCUT2D eigenvalue weighted by Gasteiger charge is 2.16. The average molecular weight is 396 g/mol. The number of urea groups is 1. The summed E-state index contributed by atoms with van der Waals surface area (Å²) in [5.41, 5.74) is 3.06. The molecule has 0 atom stereocenters. The summed E-state index contributed by atoms with van der Waals surface area (Å²) in [5, 5.41) is 3.57. The fourth-order valence-corrected chi connectivity index (χ4v) is 3.28. The monoisotopic (exact) mass is 395 g/mol. The molecule has 0 saturated carbocycles. The van der Waals surface area contributed by atoms with E-state index in [1.807, 2.05) is 41.3 Å². The van der Waals surface area contributed by atoms with Crippen molar-refractivity contribution in [3.63, 3.8) is 0 Å². The lowest BCUT2D eigenvalue weighted by Gasteiger charge is -2.24. The van der Waals surface area contributed by atoms with Crippen LogP contribution in [0.15, 0.2) is 72.9 Å². The van der Waals surface area contributed by atoms with E-state index in [-0.39, 0.29) is 6.03 Å². The number of benzene rings is 2. The molecule has 3 rings (SSSR count).